The van der Waals surface area contributed by atoms with Crippen molar-refractivity contribution < 1.29 is 0 Å². The van der Waals surface area contributed by atoms with E-state index < -0.39 is 0 Å². The molecule has 0 fully saturated rings. The van der Waals surface area contributed by atoms with E-state index >= 15 is 0 Å². The number of nitrogens with zero attached hydrogens (tertiary/aromatic N) is 3. The molecular weight excluding hydrogens is 248 g/mol. The minimum Gasteiger partial charge on any atom is -0.388 e. The number of aromatic nitrogens is 1. The summed E-state index contributed by atoms with van der Waals surface area (Å²) in [5.41, 5.74) is 3.67. The van der Waals surface area contributed by atoms with Crippen LogP contribution in [0.5, 0.6) is 0 Å². The van der Waals surface area contributed by atoms with Gasteiger partial charge in [-0.3, -0.25) is 4.98 Å². The van der Waals surface area contributed by atoms with Crippen LogP contribution in [0, 0.1) is 0 Å². The number of rotatable bonds is 3. The molecule has 3 rings (SSSR count). The summed E-state index contributed by atoms with van der Waals surface area (Å²) >= 11 is 0. The molecule has 1 aromatic heterocycles. The van der Waals surface area contributed by atoms with E-state index in [0.29, 0.717) is 0 Å². The van der Waals surface area contributed by atoms with E-state index in [1.165, 1.54) is 0 Å². The van der Waals surface area contributed by atoms with Crippen molar-refractivity contribution in [3.8, 4) is 0 Å². The second-order valence-electron chi connectivity index (χ2n) is 4.38. The first-order chi connectivity index (χ1) is 9.85. The van der Waals surface area contributed by atoms with Crippen LogP contribution < -0.4 is 5.32 Å². The van der Waals surface area contributed by atoms with E-state index in [-0.39, 0.29) is 0 Å². The highest BCUT2D eigenvalue weighted by Crippen LogP contribution is 2.23. The lowest BCUT2D eigenvalue weighted by atomic mass is 10.2. The summed E-state index contributed by atoms with van der Waals surface area (Å²) in [6.45, 7) is 0. The van der Waals surface area contributed by atoms with Gasteiger partial charge in [-0.15, -0.1) is 0 Å². The quantitative estimate of drug-likeness (QED) is 0.696. The average molecular weight is 262 g/mol. The van der Waals surface area contributed by atoms with Gasteiger partial charge in [-0.2, -0.15) is 10.2 Å². The summed E-state index contributed by atoms with van der Waals surface area (Å²) in [6.07, 6.45) is 1.78. The van der Waals surface area contributed by atoms with Gasteiger partial charge in [0.2, 0.25) is 0 Å². The summed E-state index contributed by atoms with van der Waals surface area (Å²) in [5, 5.41) is 12.6. The van der Waals surface area contributed by atoms with Gasteiger partial charge in [0.1, 0.15) is 0 Å². The molecule has 0 unspecified atom stereocenters. The fraction of sp³-hybridized carbons (Fsp3) is 0.0625. The second kappa shape index (κ2) is 5.48. The lowest BCUT2D eigenvalue weighted by Gasteiger charge is -1.99. The zero-order chi connectivity index (χ0) is 13.8. The average Bonchev–Trinajstić information content (AvgIpc) is 2.53. The van der Waals surface area contributed by atoms with Gasteiger partial charge in [0.25, 0.3) is 0 Å². The summed E-state index contributed by atoms with van der Waals surface area (Å²) in [5.74, 6) is 0. The maximum Gasteiger partial charge on any atom is 0.0864 e. The minimum absolute atomic E-state index is 0.822. The van der Waals surface area contributed by atoms with Gasteiger partial charge in [0.15, 0.2) is 0 Å². The number of nitrogens with one attached hydrogen (secondary N) is 1. The van der Waals surface area contributed by atoms with Crippen molar-refractivity contribution in [2.45, 2.75) is 0 Å². The Kier molecular flexibility index (Phi) is 3.37. The topological polar surface area (TPSA) is 49.6 Å². The maximum absolute atomic E-state index is 4.28. The van der Waals surface area contributed by atoms with Crippen LogP contribution in [0.3, 0.4) is 0 Å². The molecule has 4 nitrogen and oxygen atoms in total. The molecule has 0 radical (unpaired) electrons. The van der Waals surface area contributed by atoms with Crippen LogP contribution in [0.25, 0.3) is 10.9 Å². The SMILES string of the molecule is CNc1ccc(N=Nc2ccc3ncccc3c2)cc1. The molecule has 2 aromatic carbocycles. The third kappa shape index (κ3) is 2.64. The van der Waals surface area contributed by atoms with Crippen LogP contribution >= 0.6 is 0 Å². The Hall–Kier alpha value is -2.75. The van der Waals surface area contributed by atoms with Gasteiger partial charge in [-0.25, -0.2) is 0 Å². The summed E-state index contributed by atoms with van der Waals surface area (Å²) in [6, 6.07) is 17.6. The van der Waals surface area contributed by atoms with Gasteiger partial charge in [0, 0.05) is 24.3 Å². The predicted octanol–water partition coefficient (Wildman–Crippen LogP) is 4.69. The smallest absolute Gasteiger partial charge is 0.0864 e. The van der Waals surface area contributed by atoms with Crippen molar-refractivity contribution in [1.29, 1.82) is 0 Å². The molecule has 0 bridgehead atoms. The molecule has 20 heavy (non-hydrogen) atoms. The number of pyridine rings is 1. The molecule has 0 aliphatic rings. The van der Waals surface area contributed by atoms with Crippen molar-refractivity contribution in [2.75, 3.05) is 12.4 Å². The number of anilines is 1. The molecule has 0 saturated carbocycles. The molecule has 0 saturated heterocycles. The highest BCUT2D eigenvalue weighted by atomic mass is 15.1. The van der Waals surface area contributed by atoms with E-state index in [2.05, 4.69) is 20.5 Å². The van der Waals surface area contributed by atoms with Crippen molar-refractivity contribution in [3.05, 3.63) is 60.8 Å². The third-order valence-corrected chi connectivity index (χ3v) is 3.02. The molecule has 98 valence electrons. The van der Waals surface area contributed by atoms with Crippen molar-refractivity contribution in [3.63, 3.8) is 0 Å². The Labute approximate surface area is 117 Å². The first-order valence-electron chi connectivity index (χ1n) is 6.39. The van der Waals surface area contributed by atoms with Crippen LogP contribution in [0.15, 0.2) is 71.0 Å². The number of hydrogen-bond donors (Lipinski definition) is 1. The third-order valence-electron chi connectivity index (χ3n) is 3.02. The van der Waals surface area contributed by atoms with Crippen molar-refractivity contribution in [2.24, 2.45) is 10.2 Å². The Morgan fingerprint density at radius 3 is 2.45 bits per heavy atom. The number of hydrogen-bond acceptors (Lipinski definition) is 4. The Morgan fingerprint density at radius 2 is 1.65 bits per heavy atom. The second-order valence-corrected chi connectivity index (χ2v) is 4.38. The fourth-order valence-electron chi connectivity index (χ4n) is 1.94. The number of benzene rings is 2. The molecule has 3 aromatic rings. The lowest BCUT2D eigenvalue weighted by Crippen LogP contribution is -1.85. The zero-order valence-electron chi connectivity index (χ0n) is 11.1. The molecule has 0 spiro atoms. The Morgan fingerprint density at radius 1 is 0.900 bits per heavy atom. The molecular formula is C16H14N4. The predicted molar refractivity (Wildman–Crippen MR) is 81.9 cm³/mol. The molecule has 0 aliphatic heterocycles. The molecule has 1 heterocycles. The van der Waals surface area contributed by atoms with Crippen LogP contribution in [0.4, 0.5) is 17.1 Å². The van der Waals surface area contributed by atoms with E-state index in [9.17, 15) is 0 Å². The van der Waals surface area contributed by atoms with E-state index in [1.807, 2.05) is 61.6 Å². The first kappa shape index (κ1) is 12.3. The van der Waals surface area contributed by atoms with Crippen LogP contribution in [0.2, 0.25) is 0 Å². The lowest BCUT2D eigenvalue weighted by molar-refractivity contribution is 1.23. The summed E-state index contributed by atoms with van der Waals surface area (Å²) in [7, 11) is 1.89. The van der Waals surface area contributed by atoms with Gasteiger partial charge in [-0.1, -0.05) is 6.07 Å². The Balaban J connectivity index is 1.85. The summed E-state index contributed by atoms with van der Waals surface area (Å²) < 4.78 is 0. The van der Waals surface area contributed by atoms with E-state index in [4.69, 9.17) is 0 Å². The van der Waals surface area contributed by atoms with Crippen LogP contribution in [-0.2, 0) is 0 Å². The highest BCUT2D eigenvalue weighted by molar-refractivity contribution is 5.81. The molecule has 4 heteroatoms. The Bertz CT molecular complexity index is 748. The summed E-state index contributed by atoms with van der Waals surface area (Å²) in [4.78, 5) is 4.28. The van der Waals surface area contributed by atoms with Crippen LogP contribution in [-0.4, -0.2) is 12.0 Å². The standard InChI is InChI=1S/C16H14N4/c1-17-13-4-6-14(7-5-13)19-20-15-8-9-16-12(11-15)3-2-10-18-16/h2-11,17H,1H3. The first-order valence-corrected chi connectivity index (χ1v) is 6.39. The van der Waals surface area contributed by atoms with Gasteiger partial charge >= 0.3 is 0 Å². The van der Waals surface area contributed by atoms with E-state index in [1.54, 1.807) is 6.20 Å². The zero-order valence-corrected chi connectivity index (χ0v) is 11.1. The molecule has 0 atom stereocenters. The molecule has 1 N–H and O–H groups in total. The van der Waals surface area contributed by atoms with Crippen molar-refractivity contribution in [1.82, 2.24) is 4.98 Å². The number of azo groups is 1. The number of fused-ring (bicyclic) bond motifs is 1. The highest BCUT2D eigenvalue weighted by Gasteiger charge is 1.96. The van der Waals surface area contributed by atoms with Gasteiger partial charge in [-0.05, 0) is 48.5 Å². The van der Waals surface area contributed by atoms with Crippen molar-refractivity contribution >= 4 is 28.0 Å². The monoisotopic (exact) mass is 262 g/mol. The normalized spacial score (nSPS) is 11.1. The molecule has 0 aliphatic carbocycles. The fourth-order valence-corrected chi connectivity index (χ4v) is 1.94. The van der Waals surface area contributed by atoms with Crippen LogP contribution in [0.1, 0.15) is 0 Å². The van der Waals surface area contributed by atoms with Gasteiger partial charge in [0.05, 0.1) is 16.9 Å². The largest absolute Gasteiger partial charge is 0.388 e. The van der Waals surface area contributed by atoms with Gasteiger partial charge < -0.3 is 5.32 Å². The van der Waals surface area contributed by atoms with E-state index in [0.717, 1.165) is 28.0 Å². The maximum atomic E-state index is 4.28. The minimum atomic E-state index is 0.822. The molecule has 0 amide bonds.